The van der Waals surface area contributed by atoms with Crippen molar-refractivity contribution in [3.63, 3.8) is 0 Å². The molecule has 0 radical (unpaired) electrons. The van der Waals surface area contributed by atoms with Crippen molar-refractivity contribution in [3.05, 3.63) is 46.9 Å². The van der Waals surface area contributed by atoms with Crippen molar-refractivity contribution in [1.82, 2.24) is 19.9 Å². The standard InChI is InChI=1S/C25H30F3N6OP/c1-14(2)24(35)34-5-7-36(8-6-34)22-11-19-21(13-30-22)32-16(4)33-23(19)31-12-17-9-18(29)10-20(15(17)3)25(26,27)28/h9-11,13-14H,5-8,12,29H2,1-4H3,(H,31,32,33). The summed E-state index contributed by atoms with van der Waals surface area (Å²) in [5, 5.41) is 3.98. The van der Waals surface area contributed by atoms with Gasteiger partial charge in [0.2, 0.25) is 5.91 Å². The minimum atomic E-state index is -4.48. The van der Waals surface area contributed by atoms with Gasteiger partial charge in [0.15, 0.2) is 0 Å². The molecule has 0 saturated carbocycles. The number of carbonyl (C=O) groups excluding carboxylic acids is 1. The first-order chi connectivity index (χ1) is 16.9. The maximum absolute atomic E-state index is 13.4. The number of aromatic nitrogens is 3. The molecule has 192 valence electrons. The Hall–Kier alpha value is -3.00. The number of halogens is 3. The second-order valence-corrected chi connectivity index (χ2v) is 11.8. The molecular weight excluding hydrogens is 488 g/mol. The number of hydrogen-bond acceptors (Lipinski definition) is 6. The van der Waals surface area contributed by atoms with E-state index in [0.29, 0.717) is 35.8 Å². The van der Waals surface area contributed by atoms with Crippen LogP contribution >= 0.6 is 7.92 Å². The van der Waals surface area contributed by atoms with Gasteiger partial charge in [0.05, 0.1) is 22.7 Å². The molecule has 4 rings (SSSR count). The number of nitrogens with zero attached hydrogens (tertiary/aromatic N) is 4. The van der Waals surface area contributed by atoms with Gasteiger partial charge in [-0.25, -0.2) is 9.97 Å². The number of anilines is 2. The normalized spacial score (nSPS) is 15.1. The lowest BCUT2D eigenvalue weighted by atomic mass is 10.0. The van der Waals surface area contributed by atoms with Crippen molar-refractivity contribution in [2.24, 2.45) is 5.92 Å². The highest BCUT2D eigenvalue weighted by atomic mass is 31.1. The molecule has 1 aromatic carbocycles. The number of aryl methyl sites for hydroxylation is 1. The molecule has 1 amide bonds. The van der Waals surface area contributed by atoms with E-state index in [2.05, 4.69) is 20.3 Å². The van der Waals surface area contributed by atoms with Gasteiger partial charge in [-0.05, 0) is 55.5 Å². The lowest BCUT2D eigenvalue weighted by molar-refractivity contribution is -0.138. The van der Waals surface area contributed by atoms with Crippen LogP contribution in [0, 0.1) is 19.8 Å². The predicted molar refractivity (Wildman–Crippen MR) is 138 cm³/mol. The summed E-state index contributed by atoms with van der Waals surface area (Å²) in [6, 6.07) is 4.50. The molecule has 3 heterocycles. The van der Waals surface area contributed by atoms with Crippen molar-refractivity contribution in [3.8, 4) is 0 Å². The van der Waals surface area contributed by atoms with Crippen LogP contribution in [0.3, 0.4) is 0 Å². The first-order valence-electron chi connectivity index (χ1n) is 11.8. The van der Waals surface area contributed by atoms with Crippen LogP contribution in [0.2, 0.25) is 0 Å². The van der Waals surface area contributed by atoms with E-state index in [1.165, 1.54) is 6.92 Å². The minimum Gasteiger partial charge on any atom is -0.399 e. The average molecular weight is 519 g/mol. The number of nitrogen functional groups attached to an aromatic ring is 1. The minimum absolute atomic E-state index is 0.0158. The number of rotatable bonds is 5. The molecule has 0 bridgehead atoms. The molecule has 1 saturated heterocycles. The Bertz CT molecular complexity index is 1290. The Labute approximate surface area is 209 Å². The maximum atomic E-state index is 13.4. The Kier molecular flexibility index (Phi) is 7.36. The molecule has 3 N–H and O–H groups in total. The molecule has 1 aliphatic rings. The van der Waals surface area contributed by atoms with Gasteiger partial charge >= 0.3 is 6.18 Å². The summed E-state index contributed by atoms with van der Waals surface area (Å²) in [6.45, 7) is 8.60. The Morgan fingerprint density at radius 2 is 1.86 bits per heavy atom. The van der Waals surface area contributed by atoms with Gasteiger partial charge < -0.3 is 16.0 Å². The zero-order valence-electron chi connectivity index (χ0n) is 20.8. The number of nitrogens with two attached hydrogens (primary N) is 1. The van der Waals surface area contributed by atoms with Gasteiger partial charge in [-0.1, -0.05) is 21.8 Å². The van der Waals surface area contributed by atoms with Gasteiger partial charge in [-0.15, -0.1) is 0 Å². The van der Waals surface area contributed by atoms with Crippen molar-refractivity contribution < 1.29 is 18.0 Å². The molecule has 1 fully saturated rings. The summed E-state index contributed by atoms with van der Waals surface area (Å²) in [4.78, 5) is 27.9. The third-order valence-electron chi connectivity index (χ3n) is 6.38. The van der Waals surface area contributed by atoms with Crippen LogP contribution in [0.4, 0.5) is 24.7 Å². The smallest absolute Gasteiger partial charge is 0.399 e. The van der Waals surface area contributed by atoms with Gasteiger partial charge in [0, 0.05) is 36.6 Å². The molecule has 2 aromatic heterocycles. The van der Waals surface area contributed by atoms with Crippen LogP contribution in [-0.4, -0.2) is 51.2 Å². The van der Waals surface area contributed by atoms with Crippen molar-refractivity contribution >= 4 is 41.7 Å². The summed E-state index contributed by atoms with van der Waals surface area (Å²) in [7, 11) is -0.541. The third kappa shape index (κ3) is 5.53. The van der Waals surface area contributed by atoms with Crippen LogP contribution in [0.5, 0.6) is 0 Å². The van der Waals surface area contributed by atoms with Gasteiger partial charge in [0.25, 0.3) is 0 Å². The maximum Gasteiger partial charge on any atom is 0.416 e. The van der Waals surface area contributed by atoms with Crippen LogP contribution in [-0.2, 0) is 17.5 Å². The highest BCUT2D eigenvalue weighted by molar-refractivity contribution is 7.65. The first-order valence-corrected chi connectivity index (χ1v) is 13.5. The number of nitrogens with one attached hydrogen (secondary N) is 1. The van der Waals surface area contributed by atoms with Gasteiger partial charge in [-0.2, -0.15) is 13.2 Å². The van der Waals surface area contributed by atoms with E-state index in [-0.39, 0.29) is 29.6 Å². The number of benzene rings is 1. The first kappa shape index (κ1) is 26.1. The van der Waals surface area contributed by atoms with E-state index in [1.807, 2.05) is 24.8 Å². The van der Waals surface area contributed by atoms with E-state index in [4.69, 9.17) is 5.73 Å². The summed E-state index contributed by atoms with van der Waals surface area (Å²) < 4.78 is 40.3. The number of hydrogen-bond donors (Lipinski definition) is 2. The second kappa shape index (κ2) is 10.2. The second-order valence-electron chi connectivity index (χ2n) is 9.35. The number of alkyl halides is 3. The Balaban J connectivity index is 1.59. The quantitative estimate of drug-likeness (QED) is 0.383. The topological polar surface area (TPSA) is 97.0 Å². The number of pyridine rings is 1. The fourth-order valence-corrected chi connectivity index (χ4v) is 6.60. The van der Waals surface area contributed by atoms with E-state index in [0.717, 1.165) is 29.2 Å². The van der Waals surface area contributed by atoms with Crippen molar-refractivity contribution in [1.29, 1.82) is 0 Å². The van der Waals surface area contributed by atoms with Crippen molar-refractivity contribution in [2.45, 2.75) is 40.4 Å². The number of carbonyl (C=O) groups is 1. The summed E-state index contributed by atoms with van der Waals surface area (Å²) in [5.74, 6) is 1.24. The molecule has 7 nitrogen and oxygen atoms in total. The van der Waals surface area contributed by atoms with Crippen LogP contribution in [0.25, 0.3) is 10.9 Å². The summed E-state index contributed by atoms with van der Waals surface area (Å²) >= 11 is 0. The third-order valence-corrected chi connectivity index (χ3v) is 8.75. The van der Waals surface area contributed by atoms with E-state index in [9.17, 15) is 18.0 Å². The lowest BCUT2D eigenvalue weighted by Crippen LogP contribution is -2.42. The fourth-order valence-electron chi connectivity index (χ4n) is 4.42. The van der Waals surface area contributed by atoms with Gasteiger partial charge in [-0.3, -0.25) is 9.78 Å². The Morgan fingerprint density at radius 1 is 1.17 bits per heavy atom. The van der Waals surface area contributed by atoms with E-state index < -0.39 is 19.7 Å². The van der Waals surface area contributed by atoms with Gasteiger partial charge in [0.1, 0.15) is 11.6 Å². The highest BCUT2D eigenvalue weighted by Gasteiger charge is 2.33. The lowest BCUT2D eigenvalue weighted by Gasteiger charge is -2.33. The van der Waals surface area contributed by atoms with Crippen molar-refractivity contribution in [2.75, 3.05) is 36.5 Å². The fraction of sp³-hybridized carbons (Fsp3) is 0.440. The molecule has 3 aromatic rings. The summed E-state index contributed by atoms with van der Waals surface area (Å²) in [6.07, 6.45) is -0.995. The van der Waals surface area contributed by atoms with Crippen LogP contribution in [0.1, 0.15) is 36.4 Å². The molecule has 0 aliphatic carbocycles. The van der Waals surface area contributed by atoms with Crippen LogP contribution in [0.15, 0.2) is 24.4 Å². The molecule has 0 spiro atoms. The Morgan fingerprint density at radius 3 is 2.50 bits per heavy atom. The average Bonchev–Trinajstić information content (AvgIpc) is 2.82. The monoisotopic (exact) mass is 518 g/mol. The molecule has 11 heteroatoms. The highest BCUT2D eigenvalue weighted by Crippen LogP contribution is 2.38. The molecule has 0 unspecified atom stereocenters. The zero-order chi connectivity index (χ0) is 26.2. The van der Waals surface area contributed by atoms with Crippen LogP contribution < -0.4 is 16.5 Å². The SMILES string of the molecule is Cc1nc(NCc2cc(N)cc(C(F)(F)F)c2C)c2cc(P3CCN(C(=O)C(C)C)CC3)ncc2n1. The van der Waals surface area contributed by atoms with E-state index >= 15 is 0 Å². The molecular formula is C25H30F3N6OP. The zero-order valence-corrected chi connectivity index (χ0v) is 21.7. The summed E-state index contributed by atoms with van der Waals surface area (Å²) in [5.41, 5.74) is 7.31. The predicted octanol–water partition coefficient (Wildman–Crippen LogP) is 4.46. The largest absolute Gasteiger partial charge is 0.416 e. The van der Waals surface area contributed by atoms with E-state index in [1.54, 1.807) is 19.2 Å². The number of amides is 1. The number of fused-ring (bicyclic) bond motifs is 1. The molecule has 36 heavy (non-hydrogen) atoms. The molecule has 1 aliphatic heterocycles. The molecule has 0 atom stereocenters.